The molecule has 0 spiro atoms. The third-order valence-corrected chi connectivity index (χ3v) is 2.07. The van der Waals surface area contributed by atoms with Crippen molar-refractivity contribution >= 4 is 0 Å². The van der Waals surface area contributed by atoms with Crippen molar-refractivity contribution in [2.75, 3.05) is 0 Å². The second kappa shape index (κ2) is 2.03. The monoisotopic (exact) mass is 154 g/mol. The van der Waals surface area contributed by atoms with Crippen LogP contribution in [0.5, 0.6) is 0 Å². The average molecular weight is 154 g/mol. The highest BCUT2D eigenvalue weighted by molar-refractivity contribution is 5.30. The smallest absolute Gasteiger partial charge is 0.169 e. The van der Waals surface area contributed by atoms with Crippen molar-refractivity contribution < 1.29 is 8.78 Å². The fourth-order valence-corrected chi connectivity index (χ4v) is 1.22. The van der Waals surface area contributed by atoms with Gasteiger partial charge >= 0.3 is 0 Å². The molecule has 1 fully saturated rings. The van der Waals surface area contributed by atoms with Crippen molar-refractivity contribution in [3.05, 3.63) is 35.9 Å². The quantitative estimate of drug-likeness (QED) is 0.583. The Morgan fingerprint density at radius 3 is 2.27 bits per heavy atom. The number of hydrogen-bond donors (Lipinski definition) is 0. The van der Waals surface area contributed by atoms with E-state index in [4.69, 9.17) is 0 Å². The summed E-state index contributed by atoms with van der Waals surface area (Å²) in [4.78, 5) is 0. The van der Waals surface area contributed by atoms with Crippen LogP contribution in [0.15, 0.2) is 30.3 Å². The molecular formula is C9H8F2. The zero-order valence-electron chi connectivity index (χ0n) is 5.93. The van der Waals surface area contributed by atoms with Gasteiger partial charge in [-0.15, -0.1) is 0 Å². The predicted molar refractivity (Wildman–Crippen MR) is 38.7 cm³/mol. The van der Waals surface area contributed by atoms with E-state index in [-0.39, 0.29) is 6.42 Å². The summed E-state index contributed by atoms with van der Waals surface area (Å²) in [5, 5.41) is 0. The van der Waals surface area contributed by atoms with Gasteiger partial charge in [0.15, 0.2) is 5.67 Å². The molecule has 0 radical (unpaired) electrons. The molecule has 1 saturated carbocycles. The molecule has 2 atom stereocenters. The van der Waals surface area contributed by atoms with Gasteiger partial charge in [-0.1, -0.05) is 30.3 Å². The van der Waals surface area contributed by atoms with Crippen LogP contribution in [0, 0.1) is 0 Å². The van der Waals surface area contributed by atoms with Crippen LogP contribution >= 0.6 is 0 Å². The van der Waals surface area contributed by atoms with Crippen LogP contribution in [-0.2, 0) is 5.67 Å². The summed E-state index contributed by atoms with van der Waals surface area (Å²) in [6, 6.07) is 8.49. The molecule has 1 aliphatic carbocycles. The van der Waals surface area contributed by atoms with E-state index in [1.807, 2.05) is 0 Å². The highest BCUT2D eigenvalue weighted by Gasteiger charge is 2.57. The largest absolute Gasteiger partial charge is 0.243 e. The molecule has 2 heteroatoms. The highest BCUT2D eigenvalue weighted by Crippen LogP contribution is 2.51. The van der Waals surface area contributed by atoms with Crippen molar-refractivity contribution in [2.45, 2.75) is 18.3 Å². The molecule has 1 aliphatic rings. The van der Waals surface area contributed by atoms with Crippen molar-refractivity contribution in [1.82, 2.24) is 0 Å². The van der Waals surface area contributed by atoms with E-state index >= 15 is 0 Å². The molecule has 0 aliphatic heterocycles. The maximum Gasteiger partial charge on any atom is 0.169 e. The van der Waals surface area contributed by atoms with E-state index in [9.17, 15) is 8.78 Å². The van der Waals surface area contributed by atoms with Crippen molar-refractivity contribution in [3.8, 4) is 0 Å². The Hall–Kier alpha value is -0.920. The molecule has 0 aromatic heterocycles. The first-order valence-electron chi connectivity index (χ1n) is 3.62. The van der Waals surface area contributed by atoms with Crippen LogP contribution in [0.25, 0.3) is 0 Å². The van der Waals surface area contributed by atoms with E-state index in [2.05, 4.69) is 0 Å². The van der Waals surface area contributed by atoms with E-state index in [1.165, 1.54) is 0 Å². The minimum atomic E-state index is -1.67. The maximum absolute atomic E-state index is 13.3. The first-order valence-corrected chi connectivity index (χ1v) is 3.62. The maximum atomic E-state index is 13.3. The summed E-state index contributed by atoms with van der Waals surface area (Å²) in [5.41, 5.74) is -1.20. The summed E-state index contributed by atoms with van der Waals surface area (Å²) < 4.78 is 25.7. The normalized spacial score (nSPS) is 35.3. The molecule has 11 heavy (non-hydrogen) atoms. The molecule has 0 heterocycles. The van der Waals surface area contributed by atoms with Crippen molar-refractivity contribution in [3.63, 3.8) is 0 Å². The molecule has 0 bridgehead atoms. The number of alkyl halides is 2. The van der Waals surface area contributed by atoms with Gasteiger partial charge < -0.3 is 0 Å². The number of hydrogen-bond acceptors (Lipinski definition) is 0. The molecule has 0 amide bonds. The number of benzene rings is 1. The van der Waals surface area contributed by atoms with Gasteiger partial charge in [0, 0.05) is 6.42 Å². The van der Waals surface area contributed by atoms with Crippen LogP contribution in [0.1, 0.15) is 12.0 Å². The minimum Gasteiger partial charge on any atom is -0.243 e. The standard InChI is InChI=1S/C9H8F2/c10-8-6-9(8,11)7-4-2-1-3-5-7/h1-5,8H,6H2. The summed E-state index contributed by atoms with van der Waals surface area (Å²) in [6.07, 6.45) is -1.26. The fourth-order valence-electron chi connectivity index (χ4n) is 1.22. The van der Waals surface area contributed by atoms with Crippen molar-refractivity contribution in [2.24, 2.45) is 0 Å². The summed E-state index contributed by atoms with van der Waals surface area (Å²) in [6.45, 7) is 0. The lowest BCUT2D eigenvalue weighted by Gasteiger charge is -2.02. The molecule has 0 N–H and O–H groups in total. The van der Waals surface area contributed by atoms with E-state index in [1.54, 1.807) is 30.3 Å². The Bertz CT molecular complexity index is 258. The minimum absolute atomic E-state index is 0.0248. The first kappa shape index (κ1) is 6.77. The number of halogens is 2. The van der Waals surface area contributed by atoms with Gasteiger partial charge in [-0.25, -0.2) is 8.78 Å². The fraction of sp³-hybridized carbons (Fsp3) is 0.333. The second-order valence-electron chi connectivity index (χ2n) is 2.90. The molecule has 58 valence electrons. The van der Waals surface area contributed by atoms with Crippen LogP contribution in [0.2, 0.25) is 0 Å². The third-order valence-electron chi connectivity index (χ3n) is 2.07. The second-order valence-corrected chi connectivity index (χ2v) is 2.90. The summed E-state index contributed by atoms with van der Waals surface area (Å²) >= 11 is 0. The van der Waals surface area contributed by atoms with Crippen LogP contribution < -0.4 is 0 Å². The van der Waals surface area contributed by atoms with Crippen LogP contribution in [0.3, 0.4) is 0 Å². The van der Waals surface area contributed by atoms with Crippen LogP contribution in [-0.4, -0.2) is 6.17 Å². The van der Waals surface area contributed by atoms with E-state index < -0.39 is 11.8 Å². The first-order chi connectivity index (χ1) is 5.23. The van der Waals surface area contributed by atoms with Gasteiger partial charge in [-0.2, -0.15) is 0 Å². The highest BCUT2D eigenvalue weighted by atomic mass is 19.2. The molecule has 0 saturated heterocycles. The SMILES string of the molecule is FC1CC1(F)c1ccccc1. The lowest BCUT2D eigenvalue weighted by Crippen LogP contribution is -2.01. The lowest BCUT2D eigenvalue weighted by molar-refractivity contribution is 0.252. The number of rotatable bonds is 1. The van der Waals surface area contributed by atoms with Gasteiger partial charge in [0.25, 0.3) is 0 Å². The Balaban J connectivity index is 2.32. The topological polar surface area (TPSA) is 0 Å². The average Bonchev–Trinajstić information content (AvgIpc) is 2.64. The Kier molecular flexibility index (Phi) is 1.25. The van der Waals surface area contributed by atoms with Gasteiger partial charge in [-0.3, -0.25) is 0 Å². The van der Waals surface area contributed by atoms with E-state index in [0.29, 0.717) is 5.56 Å². The molecule has 1 aromatic rings. The van der Waals surface area contributed by atoms with Gasteiger partial charge in [0.05, 0.1) is 0 Å². The lowest BCUT2D eigenvalue weighted by atomic mass is 10.1. The van der Waals surface area contributed by atoms with Crippen molar-refractivity contribution in [1.29, 1.82) is 0 Å². The molecule has 2 rings (SSSR count). The third kappa shape index (κ3) is 0.934. The van der Waals surface area contributed by atoms with Gasteiger partial charge in [0.1, 0.15) is 6.17 Å². The molecule has 0 nitrogen and oxygen atoms in total. The van der Waals surface area contributed by atoms with Gasteiger partial charge in [-0.05, 0) is 5.56 Å². The van der Waals surface area contributed by atoms with E-state index in [0.717, 1.165) is 0 Å². The summed E-state index contributed by atoms with van der Waals surface area (Å²) in [5.74, 6) is 0. The molecular weight excluding hydrogens is 146 g/mol. The summed E-state index contributed by atoms with van der Waals surface area (Å²) in [7, 11) is 0. The van der Waals surface area contributed by atoms with Gasteiger partial charge in [0.2, 0.25) is 0 Å². The zero-order valence-corrected chi connectivity index (χ0v) is 5.93. The zero-order chi connectivity index (χ0) is 7.90. The van der Waals surface area contributed by atoms with Crippen LogP contribution in [0.4, 0.5) is 8.78 Å². The predicted octanol–water partition coefficient (Wildman–Crippen LogP) is 2.59. The molecule has 1 aromatic carbocycles. The Morgan fingerprint density at radius 2 is 1.82 bits per heavy atom. The molecule has 2 unspecified atom stereocenters. The Labute approximate surface area is 63.9 Å². The Morgan fingerprint density at radius 1 is 1.27 bits per heavy atom.